The van der Waals surface area contributed by atoms with E-state index >= 15 is 0 Å². The molecule has 0 unspecified atom stereocenters. The minimum Gasteiger partial charge on any atom is -0.396 e. The third kappa shape index (κ3) is 4.89. The van der Waals surface area contributed by atoms with Crippen LogP contribution in [-0.2, 0) is 0 Å². The lowest BCUT2D eigenvalue weighted by Crippen LogP contribution is -2.24. The van der Waals surface area contributed by atoms with E-state index in [9.17, 15) is 4.79 Å². The highest BCUT2D eigenvalue weighted by Crippen LogP contribution is 2.19. The van der Waals surface area contributed by atoms with Crippen molar-refractivity contribution in [3.05, 3.63) is 28.0 Å². The molecule has 0 aromatic carbocycles. The third-order valence-electron chi connectivity index (χ3n) is 2.18. The van der Waals surface area contributed by atoms with Crippen LogP contribution in [0.15, 0.2) is 12.3 Å². The Morgan fingerprint density at radius 2 is 2.12 bits per heavy atom. The fourth-order valence-corrected chi connectivity index (χ4v) is 1.53. The highest BCUT2D eigenvalue weighted by atomic mass is 35.5. The summed E-state index contributed by atoms with van der Waals surface area (Å²) in [6.07, 6.45) is 3.86. The Labute approximate surface area is 110 Å². The maximum atomic E-state index is 11.6. The van der Waals surface area contributed by atoms with Crippen molar-refractivity contribution in [2.75, 3.05) is 13.2 Å². The van der Waals surface area contributed by atoms with Gasteiger partial charge < -0.3 is 10.4 Å². The zero-order valence-electron chi connectivity index (χ0n) is 9.25. The molecule has 1 aromatic heterocycles. The molecule has 6 heteroatoms. The molecule has 0 aliphatic carbocycles. The van der Waals surface area contributed by atoms with E-state index in [0.29, 0.717) is 12.1 Å². The number of hydrogen-bond donors (Lipinski definition) is 2. The first-order chi connectivity index (χ1) is 8.15. The number of unbranched alkanes of at least 4 members (excludes halogenated alkanes) is 2. The van der Waals surface area contributed by atoms with Gasteiger partial charge in [0.05, 0.1) is 10.6 Å². The highest BCUT2D eigenvalue weighted by Gasteiger charge is 2.08. The second-order valence-corrected chi connectivity index (χ2v) is 4.30. The molecule has 2 N–H and O–H groups in total. The SMILES string of the molecule is O=C(NCCCCCO)c1cnc(Cl)c(Cl)c1. The number of rotatable bonds is 6. The number of nitrogens with zero attached hydrogens (tertiary/aromatic N) is 1. The van der Waals surface area contributed by atoms with E-state index in [1.807, 2.05) is 0 Å². The summed E-state index contributed by atoms with van der Waals surface area (Å²) in [4.78, 5) is 15.4. The van der Waals surface area contributed by atoms with Crippen LogP contribution in [0.3, 0.4) is 0 Å². The van der Waals surface area contributed by atoms with Crippen LogP contribution in [0.25, 0.3) is 0 Å². The first kappa shape index (κ1) is 14.2. The minimum atomic E-state index is -0.222. The largest absolute Gasteiger partial charge is 0.396 e. The Bertz CT molecular complexity index is 386. The molecule has 0 bridgehead atoms. The first-order valence-corrected chi connectivity index (χ1v) is 6.11. The van der Waals surface area contributed by atoms with Crippen LogP contribution in [-0.4, -0.2) is 29.1 Å². The number of nitrogens with one attached hydrogen (secondary N) is 1. The summed E-state index contributed by atoms with van der Waals surface area (Å²) in [6.45, 7) is 0.754. The van der Waals surface area contributed by atoms with Crippen LogP contribution in [0, 0.1) is 0 Å². The zero-order chi connectivity index (χ0) is 12.7. The quantitative estimate of drug-likeness (QED) is 0.619. The fourth-order valence-electron chi connectivity index (χ4n) is 1.26. The van der Waals surface area contributed by atoms with Gasteiger partial charge in [-0.3, -0.25) is 4.79 Å². The van der Waals surface area contributed by atoms with Crippen LogP contribution in [0.5, 0.6) is 0 Å². The number of hydrogen-bond acceptors (Lipinski definition) is 3. The summed E-state index contributed by atoms with van der Waals surface area (Å²) in [6, 6.07) is 1.49. The van der Waals surface area contributed by atoms with Gasteiger partial charge in [0, 0.05) is 19.3 Å². The van der Waals surface area contributed by atoms with Crippen molar-refractivity contribution in [3.63, 3.8) is 0 Å². The topological polar surface area (TPSA) is 62.2 Å². The molecule has 1 rings (SSSR count). The smallest absolute Gasteiger partial charge is 0.252 e. The molecule has 17 heavy (non-hydrogen) atoms. The van der Waals surface area contributed by atoms with Gasteiger partial charge in [-0.15, -0.1) is 0 Å². The molecule has 1 amide bonds. The lowest BCUT2D eigenvalue weighted by atomic mass is 10.2. The van der Waals surface area contributed by atoms with E-state index in [1.165, 1.54) is 12.3 Å². The Morgan fingerprint density at radius 1 is 1.35 bits per heavy atom. The average Bonchev–Trinajstić information content (AvgIpc) is 2.32. The number of aromatic nitrogens is 1. The monoisotopic (exact) mass is 276 g/mol. The third-order valence-corrected chi connectivity index (χ3v) is 2.86. The summed E-state index contributed by atoms with van der Waals surface area (Å²) >= 11 is 11.4. The van der Waals surface area contributed by atoms with E-state index < -0.39 is 0 Å². The Hall–Kier alpha value is -0.840. The molecule has 0 radical (unpaired) electrons. The molecule has 1 heterocycles. The number of carbonyl (C=O) groups excluding carboxylic acids is 1. The van der Waals surface area contributed by atoms with Gasteiger partial charge in [-0.2, -0.15) is 0 Å². The van der Waals surface area contributed by atoms with E-state index in [0.717, 1.165) is 19.3 Å². The number of amides is 1. The van der Waals surface area contributed by atoms with Gasteiger partial charge in [0.1, 0.15) is 5.15 Å². The molecule has 1 aromatic rings. The number of pyridine rings is 1. The van der Waals surface area contributed by atoms with Crippen molar-refractivity contribution in [2.45, 2.75) is 19.3 Å². The second kappa shape index (κ2) is 7.48. The second-order valence-electron chi connectivity index (χ2n) is 3.54. The lowest BCUT2D eigenvalue weighted by molar-refractivity contribution is 0.0952. The zero-order valence-corrected chi connectivity index (χ0v) is 10.8. The molecule has 0 spiro atoms. The highest BCUT2D eigenvalue weighted by molar-refractivity contribution is 6.41. The molecule has 4 nitrogen and oxygen atoms in total. The predicted molar refractivity (Wildman–Crippen MR) is 67.5 cm³/mol. The summed E-state index contributed by atoms with van der Waals surface area (Å²) in [5.41, 5.74) is 0.390. The number of aliphatic hydroxyl groups is 1. The molecule has 0 aliphatic heterocycles. The number of halogens is 2. The molecule has 0 atom stereocenters. The van der Waals surface area contributed by atoms with Crippen molar-refractivity contribution >= 4 is 29.1 Å². The normalized spacial score (nSPS) is 10.3. The average molecular weight is 277 g/mol. The van der Waals surface area contributed by atoms with E-state index in [-0.39, 0.29) is 22.7 Å². The molecule has 94 valence electrons. The first-order valence-electron chi connectivity index (χ1n) is 5.35. The van der Waals surface area contributed by atoms with Crippen molar-refractivity contribution in [1.29, 1.82) is 0 Å². The Morgan fingerprint density at radius 3 is 2.76 bits per heavy atom. The summed E-state index contributed by atoms with van der Waals surface area (Å²) in [7, 11) is 0. The predicted octanol–water partition coefficient (Wildman–Crippen LogP) is 2.28. The van der Waals surface area contributed by atoms with E-state index in [2.05, 4.69) is 10.3 Å². The van der Waals surface area contributed by atoms with Crippen LogP contribution in [0.2, 0.25) is 10.2 Å². The fraction of sp³-hybridized carbons (Fsp3) is 0.455. The molecule has 0 saturated heterocycles. The van der Waals surface area contributed by atoms with Crippen molar-refractivity contribution in [1.82, 2.24) is 10.3 Å². The van der Waals surface area contributed by atoms with E-state index in [1.54, 1.807) is 0 Å². The van der Waals surface area contributed by atoms with Gasteiger partial charge in [0.15, 0.2) is 0 Å². The van der Waals surface area contributed by atoms with Crippen LogP contribution >= 0.6 is 23.2 Å². The maximum absolute atomic E-state index is 11.6. The molecule has 0 fully saturated rings. The van der Waals surface area contributed by atoms with Gasteiger partial charge in [0.2, 0.25) is 0 Å². The number of carbonyl (C=O) groups is 1. The summed E-state index contributed by atoms with van der Waals surface area (Å²) in [5.74, 6) is -0.222. The van der Waals surface area contributed by atoms with Crippen molar-refractivity contribution in [3.8, 4) is 0 Å². The van der Waals surface area contributed by atoms with Gasteiger partial charge in [-0.05, 0) is 25.3 Å². The molecular weight excluding hydrogens is 263 g/mol. The summed E-state index contributed by atoms with van der Waals surface area (Å²) < 4.78 is 0. The van der Waals surface area contributed by atoms with Crippen LogP contribution in [0.1, 0.15) is 29.6 Å². The van der Waals surface area contributed by atoms with Gasteiger partial charge >= 0.3 is 0 Å². The maximum Gasteiger partial charge on any atom is 0.252 e. The summed E-state index contributed by atoms with van der Waals surface area (Å²) in [5, 5.41) is 11.8. The van der Waals surface area contributed by atoms with Crippen LogP contribution < -0.4 is 5.32 Å². The molecule has 0 saturated carbocycles. The van der Waals surface area contributed by atoms with Crippen molar-refractivity contribution < 1.29 is 9.90 Å². The molecular formula is C11H14Cl2N2O2. The van der Waals surface area contributed by atoms with Gasteiger partial charge in [-0.25, -0.2) is 4.98 Å². The lowest BCUT2D eigenvalue weighted by Gasteiger charge is -2.05. The van der Waals surface area contributed by atoms with Gasteiger partial charge in [0.25, 0.3) is 5.91 Å². The van der Waals surface area contributed by atoms with E-state index in [4.69, 9.17) is 28.3 Å². The van der Waals surface area contributed by atoms with Crippen molar-refractivity contribution in [2.24, 2.45) is 0 Å². The number of aliphatic hydroxyl groups excluding tert-OH is 1. The Kier molecular flexibility index (Phi) is 6.26. The Balaban J connectivity index is 2.39. The van der Waals surface area contributed by atoms with Gasteiger partial charge in [-0.1, -0.05) is 23.2 Å². The minimum absolute atomic E-state index is 0.185. The van der Waals surface area contributed by atoms with Crippen LogP contribution in [0.4, 0.5) is 0 Å². The molecule has 0 aliphatic rings. The standard InChI is InChI=1S/C11H14Cl2N2O2/c12-9-6-8(7-15-10(9)13)11(17)14-4-2-1-3-5-16/h6-7,16H,1-5H2,(H,14,17).